The predicted molar refractivity (Wildman–Crippen MR) is 75.4 cm³/mol. The smallest absolute Gasteiger partial charge is 0.251 e. The molecule has 0 saturated heterocycles. The molecule has 2 amide bonds. The number of nitrogens with one attached hydrogen (secondary N) is 2. The van der Waals surface area contributed by atoms with Crippen molar-refractivity contribution in [3.63, 3.8) is 0 Å². The summed E-state index contributed by atoms with van der Waals surface area (Å²) in [5, 5.41) is 14.4. The lowest BCUT2D eigenvalue weighted by molar-refractivity contribution is -0.120. The molecule has 1 atom stereocenters. The summed E-state index contributed by atoms with van der Waals surface area (Å²) in [6.07, 6.45) is 0.387. The van der Waals surface area contributed by atoms with E-state index in [0.29, 0.717) is 5.76 Å². The maximum Gasteiger partial charge on any atom is 0.251 e. The van der Waals surface area contributed by atoms with Gasteiger partial charge in [-0.25, -0.2) is 8.78 Å². The summed E-state index contributed by atoms with van der Waals surface area (Å²) in [6, 6.07) is 5.82. The minimum Gasteiger partial charge on any atom is -0.467 e. The highest BCUT2D eigenvalue weighted by Crippen LogP contribution is 2.11. The highest BCUT2D eigenvalue weighted by atomic mass is 19.2. The lowest BCUT2D eigenvalue weighted by Gasteiger charge is -2.10. The second kappa shape index (κ2) is 7.50. The van der Waals surface area contributed by atoms with E-state index in [1.807, 2.05) is 0 Å². The molecule has 2 rings (SSSR count). The molecule has 0 aliphatic rings. The van der Waals surface area contributed by atoms with Crippen molar-refractivity contribution in [3.05, 3.63) is 59.6 Å². The van der Waals surface area contributed by atoms with Crippen LogP contribution >= 0.6 is 0 Å². The first-order chi connectivity index (χ1) is 11.0. The number of aliphatic hydroxyl groups excluding tert-OH is 1. The first-order valence-electron chi connectivity index (χ1n) is 6.69. The van der Waals surface area contributed by atoms with Crippen LogP contribution in [0.25, 0.3) is 0 Å². The van der Waals surface area contributed by atoms with Crippen LogP contribution in [-0.2, 0) is 4.79 Å². The maximum absolute atomic E-state index is 13.0. The van der Waals surface area contributed by atoms with Gasteiger partial charge in [-0.1, -0.05) is 0 Å². The van der Waals surface area contributed by atoms with Crippen molar-refractivity contribution in [1.29, 1.82) is 0 Å². The third-order valence-corrected chi connectivity index (χ3v) is 2.96. The Morgan fingerprint density at radius 1 is 1.17 bits per heavy atom. The Morgan fingerprint density at radius 3 is 2.61 bits per heavy atom. The first kappa shape index (κ1) is 16.6. The van der Waals surface area contributed by atoms with E-state index in [4.69, 9.17) is 4.42 Å². The van der Waals surface area contributed by atoms with Gasteiger partial charge in [0.1, 0.15) is 11.9 Å². The van der Waals surface area contributed by atoms with E-state index in [-0.39, 0.29) is 18.7 Å². The minimum absolute atomic E-state index is 0.0899. The summed E-state index contributed by atoms with van der Waals surface area (Å²) in [4.78, 5) is 23.3. The molecule has 0 saturated carbocycles. The molecule has 8 heteroatoms. The Morgan fingerprint density at radius 2 is 1.96 bits per heavy atom. The molecule has 1 aromatic carbocycles. The molecule has 6 nitrogen and oxygen atoms in total. The van der Waals surface area contributed by atoms with Crippen molar-refractivity contribution >= 4 is 11.8 Å². The van der Waals surface area contributed by atoms with Crippen molar-refractivity contribution in [2.45, 2.75) is 6.10 Å². The van der Waals surface area contributed by atoms with Gasteiger partial charge in [-0.15, -0.1) is 0 Å². The van der Waals surface area contributed by atoms with Gasteiger partial charge in [0, 0.05) is 5.56 Å². The molecule has 1 aromatic heterocycles. The number of hydrogen-bond donors (Lipinski definition) is 3. The summed E-state index contributed by atoms with van der Waals surface area (Å²) >= 11 is 0. The second-order valence-corrected chi connectivity index (χ2v) is 4.65. The third kappa shape index (κ3) is 4.62. The van der Waals surface area contributed by atoms with E-state index in [0.717, 1.165) is 18.2 Å². The molecule has 122 valence electrons. The van der Waals surface area contributed by atoms with Crippen molar-refractivity contribution in [2.75, 3.05) is 13.1 Å². The zero-order valence-electron chi connectivity index (χ0n) is 11.9. The third-order valence-electron chi connectivity index (χ3n) is 2.96. The molecule has 0 aliphatic heterocycles. The molecule has 0 radical (unpaired) electrons. The summed E-state index contributed by atoms with van der Waals surface area (Å²) in [5.41, 5.74) is -0.104. The van der Waals surface area contributed by atoms with Crippen LogP contribution in [0.1, 0.15) is 22.2 Å². The van der Waals surface area contributed by atoms with Gasteiger partial charge in [0.2, 0.25) is 5.91 Å². The van der Waals surface area contributed by atoms with Gasteiger partial charge in [-0.2, -0.15) is 0 Å². The fourth-order valence-electron chi connectivity index (χ4n) is 1.75. The topological polar surface area (TPSA) is 91.6 Å². The fraction of sp³-hybridized carbons (Fsp3) is 0.200. The summed E-state index contributed by atoms with van der Waals surface area (Å²) < 4.78 is 30.7. The Labute approximate surface area is 130 Å². The van der Waals surface area contributed by atoms with Crippen LogP contribution in [0.2, 0.25) is 0 Å². The molecule has 3 N–H and O–H groups in total. The van der Waals surface area contributed by atoms with Gasteiger partial charge in [-0.05, 0) is 30.3 Å². The van der Waals surface area contributed by atoms with Gasteiger partial charge in [0.15, 0.2) is 11.6 Å². The van der Waals surface area contributed by atoms with Crippen LogP contribution in [0.4, 0.5) is 8.78 Å². The summed E-state index contributed by atoms with van der Waals surface area (Å²) in [6.45, 7) is -0.462. The minimum atomic E-state index is -1.15. The maximum atomic E-state index is 13.0. The molecular formula is C15H14F2N2O4. The van der Waals surface area contributed by atoms with Crippen LogP contribution < -0.4 is 10.6 Å². The second-order valence-electron chi connectivity index (χ2n) is 4.65. The SMILES string of the molecule is O=C(CNC(=O)c1ccc(F)c(F)c1)NCC(O)c1ccco1. The molecule has 0 fully saturated rings. The summed E-state index contributed by atoms with van der Waals surface area (Å²) in [7, 11) is 0. The number of carbonyl (C=O) groups is 2. The van der Waals surface area contributed by atoms with Crippen LogP contribution in [0.15, 0.2) is 41.0 Å². The number of benzene rings is 1. The number of furan rings is 1. The van der Waals surface area contributed by atoms with E-state index >= 15 is 0 Å². The molecule has 0 spiro atoms. The molecule has 23 heavy (non-hydrogen) atoms. The lowest BCUT2D eigenvalue weighted by atomic mass is 10.2. The molecule has 1 unspecified atom stereocenters. The monoisotopic (exact) mass is 324 g/mol. The quantitative estimate of drug-likeness (QED) is 0.743. The van der Waals surface area contributed by atoms with Crippen LogP contribution in [0.3, 0.4) is 0 Å². The van der Waals surface area contributed by atoms with Crippen LogP contribution in [-0.4, -0.2) is 30.0 Å². The Hall–Kier alpha value is -2.74. The number of halogens is 2. The van der Waals surface area contributed by atoms with Crippen LogP contribution in [0.5, 0.6) is 0 Å². The molecular weight excluding hydrogens is 310 g/mol. The Bertz CT molecular complexity index is 689. The highest BCUT2D eigenvalue weighted by Gasteiger charge is 2.13. The predicted octanol–water partition coefficient (Wildman–Crippen LogP) is 1.14. The van der Waals surface area contributed by atoms with E-state index in [9.17, 15) is 23.5 Å². The molecule has 1 heterocycles. The van der Waals surface area contributed by atoms with Gasteiger partial charge in [-0.3, -0.25) is 9.59 Å². The Balaban J connectivity index is 1.77. The number of carbonyl (C=O) groups excluding carboxylic acids is 2. The standard InChI is InChI=1S/C15H14F2N2O4/c16-10-4-3-9(6-11(10)17)15(22)19-8-14(21)18-7-12(20)13-2-1-5-23-13/h1-6,12,20H,7-8H2,(H,18,21)(H,19,22). The van der Waals surface area contributed by atoms with Crippen molar-refractivity contribution in [1.82, 2.24) is 10.6 Å². The fourth-order valence-corrected chi connectivity index (χ4v) is 1.75. The van der Waals surface area contributed by atoms with E-state index in [2.05, 4.69) is 10.6 Å². The van der Waals surface area contributed by atoms with Crippen molar-refractivity contribution < 1.29 is 27.9 Å². The average molecular weight is 324 g/mol. The van der Waals surface area contributed by atoms with Gasteiger partial charge < -0.3 is 20.2 Å². The Kier molecular flexibility index (Phi) is 5.42. The van der Waals surface area contributed by atoms with Gasteiger partial charge >= 0.3 is 0 Å². The van der Waals surface area contributed by atoms with Crippen LogP contribution in [0, 0.1) is 11.6 Å². The number of amides is 2. The zero-order chi connectivity index (χ0) is 16.8. The number of hydrogen-bond acceptors (Lipinski definition) is 4. The number of aliphatic hydroxyl groups is 1. The average Bonchev–Trinajstić information content (AvgIpc) is 3.07. The van der Waals surface area contributed by atoms with Crippen molar-refractivity contribution in [3.8, 4) is 0 Å². The lowest BCUT2D eigenvalue weighted by Crippen LogP contribution is -2.38. The van der Waals surface area contributed by atoms with Gasteiger partial charge in [0.05, 0.1) is 19.4 Å². The molecule has 0 aliphatic carbocycles. The largest absolute Gasteiger partial charge is 0.467 e. The first-order valence-corrected chi connectivity index (χ1v) is 6.69. The number of rotatable bonds is 6. The van der Waals surface area contributed by atoms with Crippen molar-refractivity contribution in [2.24, 2.45) is 0 Å². The zero-order valence-corrected chi connectivity index (χ0v) is 11.9. The normalized spacial score (nSPS) is 11.8. The molecule has 2 aromatic rings. The van der Waals surface area contributed by atoms with E-state index < -0.39 is 29.6 Å². The summed E-state index contributed by atoms with van der Waals surface area (Å²) in [5.74, 6) is -3.18. The highest BCUT2D eigenvalue weighted by molar-refractivity contribution is 5.96. The van der Waals surface area contributed by atoms with E-state index in [1.165, 1.54) is 6.26 Å². The van der Waals surface area contributed by atoms with Gasteiger partial charge in [0.25, 0.3) is 5.91 Å². The molecule has 0 bridgehead atoms. The van der Waals surface area contributed by atoms with E-state index in [1.54, 1.807) is 12.1 Å².